The van der Waals surface area contributed by atoms with Gasteiger partial charge >= 0.3 is 0 Å². The van der Waals surface area contributed by atoms with Crippen molar-refractivity contribution in [1.29, 1.82) is 0 Å². The van der Waals surface area contributed by atoms with E-state index in [1.807, 2.05) is 30.3 Å². The molecule has 1 fully saturated rings. The zero-order valence-electron chi connectivity index (χ0n) is 17.9. The number of carbonyl (C=O) groups is 1. The summed E-state index contributed by atoms with van der Waals surface area (Å²) in [6.07, 6.45) is 6.47. The second kappa shape index (κ2) is 8.10. The fourth-order valence-corrected chi connectivity index (χ4v) is 5.04. The van der Waals surface area contributed by atoms with Gasteiger partial charge in [0.05, 0.1) is 12.6 Å². The Hall–Kier alpha value is -3.27. The van der Waals surface area contributed by atoms with E-state index in [4.69, 9.17) is 10.5 Å². The molecule has 1 radical (unpaired) electrons. The molecule has 0 saturated heterocycles. The van der Waals surface area contributed by atoms with Gasteiger partial charge in [-0.3, -0.25) is 4.79 Å². The number of hydrogen-bond acceptors (Lipinski definition) is 2. The highest BCUT2D eigenvalue weighted by Gasteiger charge is 2.20. The van der Waals surface area contributed by atoms with E-state index in [1.165, 1.54) is 32.1 Å². The average Bonchev–Trinajstić information content (AvgIpc) is 3.12. The van der Waals surface area contributed by atoms with Crippen LogP contribution in [0.4, 0.5) is 0 Å². The minimum absolute atomic E-state index is 0.394. The van der Waals surface area contributed by atoms with Crippen LogP contribution in [0.5, 0.6) is 5.75 Å². The van der Waals surface area contributed by atoms with Crippen molar-refractivity contribution >= 4 is 27.7 Å². The number of fused-ring (bicyclic) bond motifs is 3. The zero-order chi connectivity index (χ0) is 21.4. The number of aromatic nitrogens is 1. The third-order valence-electron chi connectivity index (χ3n) is 6.65. The molecule has 4 heteroatoms. The third-order valence-corrected chi connectivity index (χ3v) is 6.65. The Morgan fingerprint density at radius 3 is 2.55 bits per heavy atom. The lowest BCUT2D eigenvalue weighted by atomic mass is 9.89. The topological polar surface area (TPSA) is 57.2 Å². The molecule has 1 aliphatic rings. The number of ether oxygens (including phenoxy) is 1. The number of nitrogens with two attached hydrogens (primary N) is 1. The van der Waals surface area contributed by atoms with Crippen LogP contribution in [-0.4, -0.2) is 17.6 Å². The van der Waals surface area contributed by atoms with Crippen LogP contribution in [0.15, 0.2) is 54.6 Å². The Kier molecular flexibility index (Phi) is 5.14. The number of nitrogens with zero attached hydrogens (tertiary/aromatic N) is 1. The first kappa shape index (κ1) is 19.7. The SMILES string of the molecule is COc1ccc(-c2c[c]c3c4c(C(N)=O)cccc4n(CC4CCCCC4)c3c2)cc1. The van der Waals surface area contributed by atoms with Gasteiger partial charge < -0.3 is 15.0 Å². The van der Waals surface area contributed by atoms with Crippen LogP contribution in [0.3, 0.4) is 0 Å². The van der Waals surface area contributed by atoms with Crippen LogP contribution >= 0.6 is 0 Å². The Balaban J connectivity index is 1.71. The summed E-state index contributed by atoms with van der Waals surface area (Å²) in [6, 6.07) is 21.6. The van der Waals surface area contributed by atoms with Gasteiger partial charge in [-0.15, -0.1) is 0 Å². The predicted octanol–water partition coefficient (Wildman–Crippen LogP) is 5.95. The van der Waals surface area contributed by atoms with Crippen molar-refractivity contribution in [1.82, 2.24) is 4.57 Å². The smallest absolute Gasteiger partial charge is 0.249 e. The fourth-order valence-electron chi connectivity index (χ4n) is 5.04. The van der Waals surface area contributed by atoms with E-state index >= 15 is 0 Å². The van der Waals surface area contributed by atoms with Crippen LogP contribution < -0.4 is 10.5 Å². The Labute approximate surface area is 182 Å². The minimum Gasteiger partial charge on any atom is -0.497 e. The molecule has 1 amide bonds. The zero-order valence-corrected chi connectivity index (χ0v) is 17.9. The average molecular weight is 412 g/mol. The number of rotatable bonds is 5. The van der Waals surface area contributed by atoms with E-state index in [1.54, 1.807) is 7.11 Å². The van der Waals surface area contributed by atoms with Crippen molar-refractivity contribution in [3.05, 3.63) is 66.2 Å². The fraction of sp³-hybridized carbons (Fsp3) is 0.296. The molecule has 1 aliphatic carbocycles. The van der Waals surface area contributed by atoms with Gasteiger partial charge in [0, 0.05) is 28.4 Å². The Bertz CT molecular complexity index is 1250. The van der Waals surface area contributed by atoms with Crippen LogP contribution in [0.25, 0.3) is 32.9 Å². The summed E-state index contributed by atoms with van der Waals surface area (Å²) >= 11 is 0. The van der Waals surface area contributed by atoms with Gasteiger partial charge in [-0.2, -0.15) is 0 Å². The van der Waals surface area contributed by atoms with Gasteiger partial charge in [0.2, 0.25) is 5.91 Å². The molecule has 157 valence electrons. The van der Waals surface area contributed by atoms with Crippen LogP contribution in [-0.2, 0) is 6.54 Å². The first-order valence-electron chi connectivity index (χ1n) is 11.1. The molecule has 0 aliphatic heterocycles. The highest BCUT2D eigenvalue weighted by molar-refractivity contribution is 6.18. The molecule has 1 heterocycles. The summed E-state index contributed by atoms with van der Waals surface area (Å²) in [7, 11) is 1.68. The second-order valence-electron chi connectivity index (χ2n) is 8.56. The quantitative estimate of drug-likeness (QED) is 0.441. The normalized spacial score (nSPS) is 14.9. The van der Waals surface area contributed by atoms with Crippen molar-refractivity contribution in [2.45, 2.75) is 38.6 Å². The third kappa shape index (κ3) is 3.56. The van der Waals surface area contributed by atoms with E-state index in [2.05, 4.69) is 34.9 Å². The molecule has 0 atom stereocenters. The van der Waals surface area contributed by atoms with Gasteiger partial charge in [0.25, 0.3) is 0 Å². The lowest BCUT2D eigenvalue weighted by Crippen LogP contribution is -2.14. The van der Waals surface area contributed by atoms with Crippen molar-refractivity contribution in [2.24, 2.45) is 11.7 Å². The molecule has 1 saturated carbocycles. The molecule has 0 unspecified atom stereocenters. The summed E-state index contributed by atoms with van der Waals surface area (Å²) in [5.41, 5.74) is 10.7. The summed E-state index contributed by atoms with van der Waals surface area (Å²) in [4.78, 5) is 12.2. The van der Waals surface area contributed by atoms with Gasteiger partial charge in [-0.25, -0.2) is 0 Å². The minimum atomic E-state index is -0.394. The largest absolute Gasteiger partial charge is 0.497 e. The number of primary amides is 1. The molecule has 2 N–H and O–H groups in total. The van der Waals surface area contributed by atoms with E-state index in [9.17, 15) is 4.79 Å². The van der Waals surface area contributed by atoms with Gasteiger partial charge in [-0.05, 0) is 72.4 Å². The van der Waals surface area contributed by atoms with Crippen LogP contribution in [0.2, 0.25) is 0 Å². The van der Waals surface area contributed by atoms with Crippen molar-refractivity contribution in [2.75, 3.05) is 7.11 Å². The predicted molar refractivity (Wildman–Crippen MR) is 125 cm³/mol. The monoisotopic (exact) mass is 411 g/mol. The maximum atomic E-state index is 12.2. The molecule has 4 nitrogen and oxygen atoms in total. The molecule has 31 heavy (non-hydrogen) atoms. The van der Waals surface area contributed by atoms with Gasteiger partial charge in [0.15, 0.2) is 0 Å². The molecule has 3 aromatic carbocycles. The number of benzene rings is 3. The molecule has 0 spiro atoms. The van der Waals surface area contributed by atoms with Crippen molar-refractivity contribution in [3.8, 4) is 16.9 Å². The number of hydrogen-bond donors (Lipinski definition) is 1. The highest BCUT2D eigenvalue weighted by Crippen LogP contribution is 2.36. The van der Waals surface area contributed by atoms with Crippen LogP contribution in [0.1, 0.15) is 42.5 Å². The summed E-state index contributed by atoms with van der Waals surface area (Å²) in [6.45, 7) is 0.960. The molecule has 5 rings (SSSR count). The summed E-state index contributed by atoms with van der Waals surface area (Å²) < 4.78 is 7.68. The molecular weight excluding hydrogens is 384 g/mol. The Morgan fingerprint density at radius 1 is 1.06 bits per heavy atom. The molecule has 0 bridgehead atoms. The summed E-state index contributed by atoms with van der Waals surface area (Å²) in [5, 5.41) is 1.89. The van der Waals surface area contributed by atoms with E-state index in [0.717, 1.165) is 45.2 Å². The first-order chi connectivity index (χ1) is 15.2. The molecule has 4 aromatic rings. The Morgan fingerprint density at radius 2 is 1.84 bits per heavy atom. The van der Waals surface area contributed by atoms with E-state index in [0.29, 0.717) is 11.5 Å². The van der Waals surface area contributed by atoms with Crippen molar-refractivity contribution in [3.63, 3.8) is 0 Å². The number of amides is 1. The lowest BCUT2D eigenvalue weighted by Gasteiger charge is -2.23. The summed E-state index contributed by atoms with van der Waals surface area (Å²) in [5.74, 6) is 1.11. The number of methoxy groups -OCH3 is 1. The first-order valence-corrected chi connectivity index (χ1v) is 11.1. The van der Waals surface area contributed by atoms with Crippen molar-refractivity contribution < 1.29 is 9.53 Å². The maximum absolute atomic E-state index is 12.2. The van der Waals surface area contributed by atoms with Gasteiger partial charge in [0.1, 0.15) is 5.75 Å². The van der Waals surface area contributed by atoms with Gasteiger partial charge in [-0.1, -0.05) is 37.5 Å². The lowest BCUT2D eigenvalue weighted by molar-refractivity contribution is 0.100. The maximum Gasteiger partial charge on any atom is 0.249 e. The molecule has 1 aromatic heterocycles. The second-order valence-corrected chi connectivity index (χ2v) is 8.56. The number of carbonyl (C=O) groups excluding carboxylic acids is 1. The molecular formula is C27H27N2O2. The van der Waals surface area contributed by atoms with E-state index in [-0.39, 0.29) is 0 Å². The van der Waals surface area contributed by atoms with E-state index < -0.39 is 5.91 Å². The van der Waals surface area contributed by atoms with Crippen LogP contribution in [0, 0.1) is 12.0 Å². The standard InChI is InChI=1S/C27H27N2O2/c1-31-21-13-10-19(11-14-21)20-12-15-22-25(16-20)29(17-18-6-3-2-4-7-18)24-9-5-8-23(26(22)24)27(28)30/h5,8-14,16,18H,2-4,6-7,17H2,1H3,(H2,28,30). The highest BCUT2D eigenvalue weighted by atomic mass is 16.5.